The Hall–Kier alpha value is -2.04. The summed E-state index contributed by atoms with van der Waals surface area (Å²) < 4.78 is 5.82. The molecule has 1 heterocycles. The van der Waals surface area contributed by atoms with Gasteiger partial charge >= 0.3 is 0 Å². The summed E-state index contributed by atoms with van der Waals surface area (Å²) in [4.78, 5) is 12.3. The van der Waals surface area contributed by atoms with Crippen LogP contribution in [0.5, 0.6) is 5.75 Å². The average Bonchev–Trinajstić information content (AvgIpc) is 2.53. The van der Waals surface area contributed by atoms with Crippen LogP contribution in [0.15, 0.2) is 42.5 Å². The van der Waals surface area contributed by atoms with E-state index in [1.54, 1.807) is 0 Å². The lowest BCUT2D eigenvalue weighted by atomic mass is 9.88. The smallest absolute Gasteiger partial charge is 0.227 e. The first-order valence-electron chi connectivity index (χ1n) is 8.52. The summed E-state index contributed by atoms with van der Waals surface area (Å²) >= 11 is 5.98. The molecule has 0 aliphatic carbocycles. The Kier molecular flexibility index (Phi) is 5.61. The molecule has 1 fully saturated rings. The number of anilines is 1. The van der Waals surface area contributed by atoms with Gasteiger partial charge in [-0.3, -0.25) is 4.79 Å². The van der Waals surface area contributed by atoms with E-state index in [0.717, 1.165) is 35.7 Å². The van der Waals surface area contributed by atoms with Crippen LogP contribution in [0.25, 0.3) is 0 Å². The van der Waals surface area contributed by atoms with E-state index >= 15 is 0 Å². The van der Waals surface area contributed by atoms with Crippen molar-refractivity contribution in [3.63, 3.8) is 0 Å². The average molecular weight is 359 g/mol. The maximum absolute atomic E-state index is 12.3. The summed E-state index contributed by atoms with van der Waals surface area (Å²) in [7, 11) is 0. The predicted octanol–water partition coefficient (Wildman–Crippen LogP) is 4.02. The van der Waals surface area contributed by atoms with Gasteiger partial charge in [-0.25, -0.2) is 0 Å². The van der Waals surface area contributed by atoms with Crippen molar-refractivity contribution in [1.29, 1.82) is 0 Å². The van der Waals surface area contributed by atoms with Crippen LogP contribution in [0.3, 0.4) is 0 Å². The third-order valence-corrected chi connectivity index (χ3v) is 4.92. The quantitative estimate of drug-likeness (QED) is 0.820. The summed E-state index contributed by atoms with van der Waals surface area (Å²) in [6.45, 7) is 6.25. The Morgan fingerprint density at radius 2 is 2.12 bits per heavy atom. The Morgan fingerprint density at radius 3 is 2.76 bits per heavy atom. The molecule has 0 aromatic heterocycles. The molecular formula is C20H23ClN2O2. The van der Waals surface area contributed by atoms with Gasteiger partial charge in [-0.05, 0) is 67.4 Å². The molecule has 1 aliphatic rings. The maximum atomic E-state index is 12.3. The van der Waals surface area contributed by atoms with Crippen LogP contribution in [-0.4, -0.2) is 19.0 Å². The zero-order chi connectivity index (χ0) is 17.8. The highest BCUT2D eigenvalue weighted by Crippen LogP contribution is 2.24. The van der Waals surface area contributed by atoms with Crippen LogP contribution in [0.1, 0.15) is 18.1 Å². The monoisotopic (exact) mass is 358 g/mol. The zero-order valence-electron chi connectivity index (χ0n) is 14.5. The summed E-state index contributed by atoms with van der Waals surface area (Å²) in [6.07, 6.45) is 0. The molecule has 0 spiro atoms. The summed E-state index contributed by atoms with van der Waals surface area (Å²) in [5.74, 6) is 1.29. The minimum Gasteiger partial charge on any atom is -0.489 e. The molecule has 25 heavy (non-hydrogen) atoms. The second-order valence-electron chi connectivity index (χ2n) is 6.59. The third-order valence-electron chi connectivity index (χ3n) is 4.68. The molecule has 1 saturated heterocycles. The number of benzene rings is 2. The van der Waals surface area contributed by atoms with Crippen molar-refractivity contribution in [2.45, 2.75) is 20.5 Å². The van der Waals surface area contributed by atoms with Crippen LogP contribution in [-0.2, 0) is 11.4 Å². The number of amides is 1. The van der Waals surface area contributed by atoms with Gasteiger partial charge in [0.25, 0.3) is 0 Å². The highest BCUT2D eigenvalue weighted by atomic mass is 35.5. The predicted molar refractivity (Wildman–Crippen MR) is 101 cm³/mol. The number of hydrogen-bond donors (Lipinski definition) is 2. The minimum atomic E-state index is 0.0133. The molecule has 2 aromatic rings. The molecule has 1 aliphatic heterocycles. The number of aryl methyl sites for hydroxylation is 1. The van der Waals surface area contributed by atoms with Gasteiger partial charge in [-0.15, -0.1) is 0 Å². The molecule has 1 unspecified atom stereocenters. The lowest BCUT2D eigenvalue weighted by Gasteiger charge is -2.31. The number of carbonyl (C=O) groups excluding carboxylic acids is 1. The molecule has 2 N–H and O–H groups in total. The van der Waals surface area contributed by atoms with Crippen molar-refractivity contribution in [2.24, 2.45) is 11.8 Å². The molecule has 2 aromatic carbocycles. The number of halogens is 1. The van der Waals surface area contributed by atoms with Crippen LogP contribution in [0.2, 0.25) is 5.02 Å². The summed E-state index contributed by atoms with van der Waals surface area (Å²) in [5, 5.41) is 6.93. The molecule has 1 atom stereocenters. The first kappa shape index (κ1) is 17.8. The highest BCUT2D eigenvalue weighted by molar-refractivity contribution is 6.30. The first-order valence-corrected chi connectivity index (χ1v) is 8.90. The molecular weight excluding hydrogens is 336 g/mol. The van der Waals surface area contributed by atoms with Crippen LogP contribution in [0.4, 0.5) is 5.69 Å². The third kappa shape index (κ3) is 4.53. The summed E-state index contributed by atoms with van der Waals surface area (Å²) in [5.41, 5.74) is 2.83. The number of rotatable bonds is 6. The van der Waals surface area contributed by atoms with Crippen LogP contribution in [0, 0.1) is 18.8 Å². The van der Waals surface area contributed by atoms with Crippen LogP contribution < -0.4 is 15.4 Å². The maximum Gasteiger partial charge on any atom is 0.227 e. The highest BCUT2D eigenvalue weighted by Gasteiger charge is 2.28. The standard InChI is InChI=1S/C20H23ClN2O2/c1-13-8-18(25-12-15-4-3-5-17(21)9-15)6-7-19(13)23-20(24)14(2)16-10-22-11-16/h3-9,14,16,22H,10-12H2,1-2H3,(H,23,24). The number of carbonyl (C=O) groups is 1. The van der Waals surface area contributed by atoms with Gasteiger partial charge in [0.05, 0.1) is 0 Å². The molecule has 1 amide bonds. The van der Waals surface area contributed by atoms with Crippen LogP contribution >= 0.6 is 11.6 Å². The van der Waals surface area contributed by atoms with E-state index in [-0.39, 0.29) is 11.8 Å². The SMILES string of the molecule is Cc1cc(OCc2cccc(Cl)c2)ccc1NC(=O)C(C)C1CNC1. The van der Waals surface area contributed by atoms with Gasteiger partial charge in [-0.2, -0.15) is 0 Å². The fourth-order valence-electron chi connectivity index (χ4n) is 2.78. The minimum absolute atomic E-state index is 0.0133. The van der Waals surface area contributed by atoms with E-state index in [2.05, 4.69) is 10.6 Å². The van der Waals surface area contributed by atoms with E-state index in [1.165, 1.54) is 0 Å². The Bertz CT molecular complexity index is 759. The van der Waals surface area contributed by atoms with E-state index < -0.39 is 0 Å². The molecule has 0 bridgehead atoms. The van der Waals surface area contributed by atoms with Crippen molar-refractivity contribution < 1.29 is 9.53 Å². The Labute approximate surface area is 153 Å². The van der Waals surface area contributed by atoms with E-state index in [1.807, 2.05) is 56.3 Å². The second-order valence-corrected chi connectivity index (χ2v) is 7.03. The number of nitrogens with one attached hydrogen (secondary N) is 2. The number of hydrogen-bond acceptors (Lipinski definition) is 3. The fraction of sp³-hybridized carbons (Fsp3) is 0.350. The molecule has 132 valence electrons. The van der Waals surface area contributed by atoms with E-state index in [9.17, 15) is 4.79 Å². The van der Waals surface area contributed by atoms with Crippen molar-refractivity contribution in [2.75, 3.05) is 18.4 Å². The van der Waals surface area contributed by atoms with Crippen molar-refractivity contribution in [1.82, 2.24) is 5.32 Å². The van der Waals surface area contributed by atoms with Crippen molar-refractivity contribution in [3.05, 3.63) is 58.6 Å². The van der Waals surface area contributed by atoms with Gasteiger partial charge in [0.15, 0.2) is 0 Å². The topological polar surface area (TPSA) is 50.4 Å². The van der Waals surface area contributed by atoms with Gasteiger partial charge in [0, 0.05) is 16.6 Å². The normalized spacial score (nSPS) is 15.3. The van der Waals surface area contributed by atoms with Gasteiger partial charge in [0.1, 0.15) is 12.4 Å². The van der Waals surface area contributed by atoms with Gasteiger partial charge in [-0.1, -0.05) is 30.7 Å². The largest absolute Gasteiger partial charge is 0.489 e. The lowest BCUT2D eigenvalue weighted by Crippen LogP contribution is -2.48. The van der Waals surface area contributed by atoms with Crippen molar-refractivity contribution >= 4 is 23.2 Å². The zero-order valence-corrected chi connectivity index (χ0v) is 15.3. The van der Waals surface area contributed by atoms with Gasteiger partial charge in [0.2, 0.25) is 5.91 Å². The Morgan fingerprint density at radius 1 is 1.32 bits per heavy atom. The molecule has 0 saturated carbocycles. The fourth-order valence-corrected chi connectivity index (χ4v) is 3.00. The van der Waals surface area contributed by atoms with E-state index in [0.29, 0.717) is 17.5 Å². The first-order chi connectivity index (χ1) is 12.0. The van der Waals surface area contributed by atoms with E-state index in [4.69, 9.17) is 16.3 Å². The van der Waals surface area contributed by atoms with Gasteiger partial charge < -0.3 is 15.4 Å². The molecule has 3 rings (SSSR count). The molecule has 0 radical (unpaired) electrons. The second kappa shape index (κ2) is 7.89. The number of ether oxygens (including phenoxy) is 1. The molecule has 4 nitrogen and oxygen atoms in total. The lowest BCUT2D eigenvalue weighted by molar-refractivity contribution is -0.121. The van der Waals surface area contributed by atoms with Crippen molar-refractivity contribution in [3.8, 4) is 5.75 Å². The summed E-state index contributed by atoms with van der Waals surface area (Å²) in [6, 6.07) is 13.3. The molecule has 5 heteroatoms. The Balaban J connectivity index is 1.59.